The highest BCUT2D eigenvalue weighted by molar-refractivity contribution is 8.00. The van der Waals surface area contributed by atoms with Crippen molar-refractivity contribution in [1.29, 1.82) is 0 Å². The van der Waals surface area contributed by atoms with E-state index in [4.69, 9.17) is 11.5 Å². The Morgan fingerprint density at radius 3 is 2.81 bits per heavy atom. The van der Waals surface area contributed by atoms with Gasteiger partial charge in [-0.2, -0.15) is 0 Å². The van der Waals surface area contributed by atoms with E-state index in [0.717, 1.165) is 24.2 Å². The molecule has 1 aromatic rings. The number of hydrogen-bond acceptors (Lipinski definition) is 4. The number of primary amides is 1. The molecule has 2 rings (SSSR count). The van der Waals surface area contributed by atoms with E-state index < -0.39 is 0 Å². The normalized spacial score (nSPS) is 24.1. The van der Waals surface area contributed by atoms with Crippen molar-refractivity contribution in [2.75, 3.05) is 5.73 Å². The number of carbonyl (C=O) groups is 1. The fourth-order valence-electron chi connectivity index (χ4n) is 2.00. The van der Waals surface area contributed by atoms with Gasteiger partial charge in [-0.3, -0.25) is 4.79 Å². The number of rotatable bonds is 2. The van der Waals surface area contributed by atoms with E-state index in [9.17, 15) is 4.79 Å². The van der Waals surface area contributed by atoms with Gasteiger partial charge in [-0.05, 0) is 18.4 Å². The molecule has 4 N–H and O–H groups in total. The maximum atomic E-state index is 11.4. The van der Waals surface area contributed by atoms with Crippen LogP contribution in [0.5, 0.6) is 0 Å². The third-order valence-corrected chi connectivity index (χ3v) is 6.02. The summed E-state index contributed by atoms with van der Waals surface area (Å²) in [5, 5.41) is 0.582. The van der Waals surface area contributed by atoms with Crippen molar-refractivity contribution in [3.8, 4) is 0 Å². The van der Waals surface area contributed by atoms with Crippen LogP contribution in [0.1, 0.15) is 41.1 Å². The molecule has 1 aliphatic rings. The van der Waals surface area contributed by atoms with Gasteiger partial charge in [0.2, 0.25) is 0 Å². The molecule has 1 aromatic heterocycles. The maximum Gasteiger partial charge on any atom is 0.251 e. The van der Waals surface area contributed by atoms with Crippen molar-refractivity contribution in [3.63, 3.8) is 0 Å². The minimum atomic E-state index is -0.389. The first-order valence-corrected chi connectivity index (χ1v) is 7.11. The van der Waals surface area contributed by atoms with E-state index in [0.29, 0.717) is 10.6 Å². The molecule has 5 heteroatoms. The van der Waals surface area contributed by atoms with E-state index in [2.05, 4.69) is 13.8 Å². The number of fused-ring (bicyclic) bond motifs is 1. The van der Waals surface area contributed by atoms with Crippen LogP contribution in [-0.2, 0) is 12.2 Å². The molecule has 0 spiro atoms. The number of nitrogen functional groups attached to an aromatic ring is 1. The molecule has 16 heavy (non-hydrogen) atoms. The molecule has 0 aromatic carbocycles. The van der Waals surface area contributed by atoms with Crippen LogP contribution in [0.25, 0.3) is 0 Å². The average molecular weight is 256 g/mol. The van der Waals surface area contributed by atoms with Gasteiger partial charge in [0.1, 0.15) is 0 Å². The first kappa shape index (κ1) is 11.8. The topological polar surface area (TPSA) is 69.1 Å². The van der Waals surface area contributed by atoms with E-state index in [-0.39, 0.29) is 10.7 Å². The Balaban J connectivity index is 2.47. The van der Waals surface area contributed by atoms with Gasteiger partial charge in [-0.25, -0.2) is 0 Å². The number of nitrogens with two attached hydrogens (primary N) is 2. The summed E-state index contributed by atoms with van der Waals surface area (Å²) in [5.41, 5.74) is 12.9. The van der Waals surface area contributed by atoms with Crippen LogP contribution in [0.3, 0.4) is 0 Å². The van der Waals surface area contributed by atoms with E-state index in [1.165, 1.54) is 16.2 Å². The highest BCUT2D eigenvalue weighted by atomic mass is 32.2. The minimum absolute atomic E-state index is 0.213. The van der Waals surface area contributed by atoms with Crippen LogP contribution in [0.15, 0.2) is 0 Å². The molecule has 1 unspecified atom stereocenters. The molecule has 0 bridgehead atoms. The lowest BCUT2D eigenvalue weighted by molar-refractivity contribution is 0.100. The van der Waals surface area contributed by atoms with Crippen molar-refractivity contribution in [2.24, 2.45) is 5.73 Å². The van der Waals surface area contributed by atoms with Crippen molar-refractivity contribution < 1.29 is 4.79 Å². The van der Waals surface area contributed by atoms with Crippen LogP contribution < -0.4 is 11.5 Å². The summed E-state index contributed by atoms with van der Waals surface area (Å²) in [5.74, 6) is 0.558. The molecule has 1 aliphatic heterocycles. The SMILES string of the molecule is CCC1(C)Cc2c(sc(N)c2C(N)=O)CS1. The third kappa shape index (κ3) is 1.82. The van der Waals surface area contributed by atoms with Gasteiger partial charge >= 0.3 is 0 Å². The zero-order valence-corrected chi connectivity index (χ0v) is 11.1. The minimum Gasteiger partial charge on any atom is -0.390 e. The van der Waals surface area contributed by atoms with Crippen molar-refractivity contribution in [1.82, 2.24) is 0 Å². The first-order chi connectivity index (χ1) is 7.47. The lowest BCUT2D eigenvalue weighted by Crippen LogP contribution is -2.28. The van der Waals surface area contributed by atoms with Crippen LogP contribution >= 0.6 is 23.1 Å². The number of thiophene rings is 1. The second kappa shape index (κ2) is 3.96. The lowest BCUT2D eigenvalue weighted by atomic mass is 9.94. The molecule has 2 heterocycles. The molecule has 1 amide bonds. The average Bonchev–Trinajstić information content (AvgIpc) is 2.53. The van der Waals surface area contributed by atoms with Crippen LogP contribution in [0, 0.1) is 0 Å². The maximum absolute atomic E-state index is 11.4. The Morgan fingerprint density at radius 2 is 2.25 bits per heavy atom. The fraction of sp³-hybridized carbons (Fsp3) is 0.545. The zero-order valence-electron chi connectivity index (χ0n) is 9.50. The van der Waals surface area contributed by atoms with E-state index >= 15 is 0 Å². The fourth-order valence-corrected chi connectivity index (χ4v) is 4.40. The summed E-state index contributed by atoms with van der Waals surface area (Å²) in [6.45, 7) is 4.41. The summed E-state index contributed by atoms with van der Waals surface area (Å²) in [6, 6.07) is 0. The van der Waals surface area contributed by atoms with E-state index in [1.54, 1.807) is 0 Å². The highest BCUT2D eigenvalue weighted by Crippen LogP contribution is 2.46. The molecule has 0 fully saturated rings. The molecule has 88 valence electrons. The summed E-state index contributed by atoms with van der Waals surface area (Å²) in [7, 11) is 0. The van der Waals surface area contributed by atoms with Crippen LogP contribution in [0.4, 0.5) is 5.00 Å². The number of carbonyl (C=O) groups excluding carboxylic acids is 1. The highest BCUT2D eigenvalue weighted by Gasteiger charge is 2.33. The quantitative estimate of drug-likeness (QED) is 0.853. The molecular weight excluding hydrogens is 240 g/mol. The number of hydrogen-bond donors (Lipinski definition) is 2. The predicted octanol–water partition coefficient (Wildman–Crippen LogP) is 2.39. The third-order valence-electron chi connectivity index (χ3n) is 3.21. The summed E-state index contributed by atoms with van der Waals surface area (Å²) in [6.07, 6.45) is 1.99. The van der Waals surface area contributed by atoms with Crippen LogP contribution in [-0.4, -0.2) is 10.7 Å². The van der Waals surface area contributed by atoms with E-state index in [1.807, 2.05) is 11.8 Å². The van der Waals surface area contributed by atoms with Crippen molar-refractivity contribution in [3.05, 3.63) is 16.0 Å². The van der Waals surface area contributed by atoms with Crippen LogP contribution in [0.2, 0.25) is 0 Å². The van der Waals surface area contributed by atoms with Gasteiger partial charge < -0.3 is 11.5 Å². The summed E-state index contributed by atoms with van der Waals surface area (Å²) >= 11 is 3.46. The summed E-state index contributed by atoms with van der Waals surface area (Å²) < 4.78 is 0.213. The number of thioether (sulfide) groups is 1. The molecule has 0 radical (unpaired) electrons. The first-order valence-electron chi connectivity index (χ1n) is 5.30. The predicted molar refractivity (Wildman–Crippen MR) is 70.9 cm³/mol. The number of amides is 1. The summed E-state index contributed by atoms with van der Waals surface area (Å²) in [4.78, 5) is 12.6. The molecular formula is C11H16N2OS2. The Kier molecular flexibility index (Phi) is 2.92. The largest absolute Gasteiger partial charge is 0.390 e. The number of anilines is 1. The van der Waals surface area contributed by atoms with Gasteiger partial charge in [-0.15, -0.1) is 23.1 Å². The smallest absolute Gasteiger partial charge is 0.251 e. The monoisotopic (exact) mass is 256 g/mol. The van der Waals surface area contributed by atoms with Gasteiger partial charge in [0.25, 0.3) is 5.91 Å². The molecule has 0 saturated carbocycles. The zero-order chi connectivity index (χ0) is 11.9. The second-order valence-corrected chi connectivity index (χ2v) is 7.08. The van der Waals surface area contributed by atoms with Crippen molar-refractivity contribution >= 4 is 34.0 Å². The lowest BCUT2D eigenvalue weighted by Gasteiger charge is -2.32. The standard InChI is InChI=1S/C11H16N2OS2/c1-3-11(2)4-6-7(5-15-11)16-10(13)8(6)9(12)14/h3-5,13H2,1-2H3,(H2,12,14). The molecule has 3 nitrogen and oxygen atoms in total. The Hall–Kier alpha value is -0.680. The second-order valence-electron chi connectivity index (χ2n) is 4.38. The molecule has 0 saturated heterocycles. The van der Waals surface area contributed by atoms with Gasteiger partial charge in [-0.1, -0.05) is 13.8 Å². The van der Waals surface area contributed by atoms with Crippen molar-refractivity contribution in [2.45, 2.75) is 37.2 Å². The Morgan fingerprint density at radius 1 is 1.56 bits per heavy atom. The Bertz CT molecular complexity index is 441. The Labute approximate surface area is 104 Å². The van der Waals surface area contributed by atoms with Gasteiger partial charge in [0.05, 0.1) is 10.6 Å². The molecule has 1 atom stereocenters. The van der Waals surface area contributed by atoms with Gasteiger partial charge in [0, 0.05) is 15.4 Å². The molecule has 0 aliphatic carbocycles. The van der Waals surface area contributed by atoms with Gasteiger partial charge in [0.15, 0.2) is 0 Å².